The van der Waals surface area contributed by atoms with Gasteiger partial charge in [0.15, 0.2) is 17.2 Å². The van der Waals surface area contributed by atoms with Gasteiger partial charge in [0.1, 0.15) is 12.0 Å². The topological polar surface area (TPSA) is 123 Å². The van der Waals surface area contributed by atoms with E-state index in [4.69, 9.17) is 9.84 Å². The van der Waals surface area contributed by atoms with Crippen molar-refractivity contribution < 1.29 is 24.2 Å². The molecule has 1 fully saturated rings. The Morgan fingerprint density at radius 3 is 2.36 bits per heavy atom. The average molecular weight is 531 g/mol. The normalized spacial score (nSPS) is 14.1. The molecule has 2 amide bonds. The maximum absolute atomic E-state index is 13.9. The molecule has 0 aliphatic carbocycles. The molecule has 202 valence electrons. The van der Waals surface area contributed by atoms with Crippen LogP contribution in [-0.2, 0) is 18.4 Å². The summed E-state index contributed by atoms with van der Waals surface area (Å²) >= 11 is 0. The maximum Gasteiger partial charge on any atom is 0.272 e. The Labute approximate surface area is 224 Å². The van der Waals surface area contributed by atoms with Crippen LogP contribution in [0.4, 0.5) is 0 Å². The number of pyridine rings is 1. The Balaban J connectivity index is 1.56. The van der Waals surface area contributed by atoms with Gasteiger partial charge in [0.2, 0.25) is 5.91 Å². The van der Waals surface area contributed by atoms with Gasteiger partial charge in [-0.05, 0) is 18.9 Å². The number of carbonyl (C=O) groups excluding carboxylic acids is 3. The third-order valence-corrected chi connectivity index (χ3v) is 7.39. The molecule has 2 aromatic heterocycles. The molecule has 2 N–H and O–H groups in total. The molecule has 5 rings (SSSR count). The molecule has 4 aromatic rings. The van der Waals surface area contributed by atoms with Crippen LogP contribution in [0.5, 0.6) is 5.75 Å². The zero-order chi connectivity index (χ0) is 27.7. The highest BCUT2D eigenvalue weighted by atomic mass is 16.5. The van der Waals surface area contributed by atoms with Crippen molar-refractivity contribution in [3.63, 3.8) is 0 Å². The standard InChI is InChI=1S/C29H30N4O6/c1-31-25-20-10-6-7-11-21(20)33(16-22(35)18-8-4-3-5-9-18)29(38)24(25)27(39-2)26(31)28(37)30-19-12-14-32(15-13-19)23(36)17-34/h3-11,19,34H,12-17H2,1-2H3,(H,30,37). The number of aryl methyl sites for hydroxylation is 1. The van der Waals surface area contributed by atoms with Gasteiger partial charge >= 0.3 is 0 Å². The number of ketones is 1. The van der Waals surface area contributed by atoms with Crippen molar-refractivity contribution in [1.29, 1.82) is 0 Å². The largest absolute Gasteiger partial charge is 0.493 e. The Hall–Kier alpha value is -4.44. The second-order valence-electron chi connectivity index (χ2n) is 9.65. The van der Waals surface area contributed by atoms with Gasteiger partial charge in [-0.2, -0.15) is 0 Å². The minimum absolute atomic E-state index is 0.148. The summed E-state index contributed by atoms with van der Waals surface area (Å²) in [6.45, 7) is 0.166. The number of nitrogens with zero attached hydrogens (tertiary/aromatic N) is 3. The molecule has 0 saturated carbocycles. The lowest BCUT2D eigenvalue weighted by molar-refractivity contribution is -0.135. The second-order valence-corrected chi connectivity index (χ2v) is 9.65. The van der Waals surface area contributed by atoms with Gasteiger partial charge in [0.05, 0.1) is 24.7 Å². The van der Waals surface area contributed by atoms with Crippen LogP contribution >= 0.6 is 0 Å². The second kappa shape index (κ2) is 10.7. The lowest BCUT2D eigenvalue weighted by Crippen LogP contribution is -2.47. The van der Waals surface area contributed by atoms with Crippen LogP contribution in [0.1, 0.15) is 33.7 Å². The highest BCUT2D eigenvalue weighted by Gasteiger charge is 2.30. The number of hydrogen-bond donors (Lipinski definition) is 2. The highest BCUT2D eigenvalue weighted by molar-refractivity contribution is 6.12. The van der Waals surface area contributed by atoms with E-state index in [1.165, 1.54) is 11.7 Å². The summed E-state index contributed by atoms with van der Waals surface area (Å²) in [5, 5.41) is 13.1. The number of aliphatic hydroxyl groups excluding tert-OH is 1. The van der Waals surface area contributed by atoms with E-state index in [1.54, 1.807) is 52.9 Å². The van der Waals surface area contributed by atoms with Crippen molar-refractivity contribution in [2.75, 3.05) is 26.8 Å². The summed E-state index contributed by atoms with van der Waals surface area (Å²) in [5.41, 5.74) is 1.41. The van der Waals surface area contributed by atoms with E-state index in [0.29, 0.717) is 47.9 Å². The third-order valence-electron chi connectivity index (χ3n) is 7.39. The fourth-order valence-corrected chi connectivity index (χ4v) is 5.42. The molecule has 1 aliphatic heterocycles. The summed E-state index contributed by atoms with van der Waals surface area (Å²) in [7, 11) is 3.13. The van der Waals surface area contributed by atoms with E-state index in [-0.39, 0.29) is 41.1 Å². The summed E-state index contributed by atoms with van der Waals surface area (Å²) < 4.78 is 8.77. The number of Topliss-reactive ketones (excluding diaryl/α,β-unsaturated/α-hetero) is 1. The average Bonchev–Trinajstić information content (AvgIpc) is 3.28. The quantitative estimate of drug-likeness (QED) is 0.353. The summed E-state index contributed by atoms with van der Waals surface area (Å²) in [5.74, 6) is -0.785. The zero-order valence-corrected chi connectivity index (χ0v) is 21.8. The van der Waals surface area contributed by atoms with Gasteiger partial charge in [0, 0.05) is 37.1 Å². The molecule has 0 bridgehead atoms. The van der Waals surface area contributed by atoms with Crippen molar-refractivity contribution in [3.05, 3.63) is 76.2 Å². The van der Waals surface area contributed by atoms with E-state index >= 15 is 0 Å². The predicted octanol–water partition coefficient (Wildman–Crippen LogP) is 2.10. The molecule has 3 heterocycles. The first-order valence-corrected chi connectivity index (χ1v) is 12.8. The number of carbonyl (C=O) groups is 3. The van der Waals surface area contributed by atoms with Crippen molar-refractivity contribution in [3.8, 4) is 5.75 Å². The Bertz CT molecular complexity index is 1630. The third kappa shape index (κ3) is 4.67. The van der Waals surface area contributed by atoms with E-state index in [9.17, 15) is 19.2 Å². The number of nitrogens with one attached hydrogen (secondary N) is 1. The lowest BCUT2D eigenvalue weighted by Gasteiger charge is -2.32. The summed E-state index contributed by atoms with van der Waals surface area (Å²) in [6.07, 6.45) is 1.09. The SMILES string of the molecule is COc1c(C(=O)NC2CCN(C(=O)CO)CC2)n(C)c2c1c(=O)n(CC(=O)c1ccccc1)c1ccccc21. The maximum atomic E-state index is 13.9. The molecule has 0 radical (unpaired) electrons. The number of ether oxygens (including phenoxy) is 1. The van der Waals surface area contributed by atoms with Gasteiger partial charge < -0.3 is 24.6 Å². The summed E-state index contributed by atoms with van der Waals surface area (Å²) in [6, 6.07) is 15.9. The number of fused-ring (bicyclic) bond motifs is 3. The molecule has 1 saturated heterocycles. The Kier molecular flexibility index (Phi) is 7.21. The van der Waals surface area contributed by atoms with E-state index < -0.39 is 18.1 Å². The number of aliphatic hydroxyl groups is 1. The highest BCUT2D eigenvalue weighted by Crippen LogP contribution is 2.35. The van der Waals surface area contributed by atoms with Crippen LogP contribution in [0.15, 0.2) is 59.4 Å². The number of piperidine rings is 1. The first kappa shape index (κ1) is 26.2. The zero-order valence-electron chi connectivity index (χ0n) is 21.8. The van der Waals surface area contributed by atoms with Crippen molar-refractivity contribution in [2.45, 2.75) is 25.4 Å². The molecule has 10 heteroatoms. The molecular weight excluding hydrogens is 500 g/mol. The fourth-order valence-electron chi connectivity index (χ4n) is 5.42. The Morgan fingerprint density at radius 1 is 1.03 bits per heavy atom. The molecular formula is C29H30N4O6. The monoisotopic (exact) mass is 530 g/mol. The van der Waals surface area contributed by atoms with Crippen molar-refractivity contribution in [2.24, 2.45) is 7.05 Å². The van der Waals surface area contributed by atoms with E-state index in [0.717, 1.165) is 0 Å². The number of methoxy groups -OCH3 is 1. The molecule has 1 aliphatic rings. The lowest BCUT2D eigenvalue weighted by atomic mass is 10.0. The van der Waals surface area contributed by atoms with Crippen LogP contribution in [0.3, 0.4) is 0 Å². The number of likely N-dealkylation sites (tertiary alicyclic amines) is 1. The van der Waals surface area contributed by atoms with Crippen LogP contribution in [-0.4, -0.2) is 69.6 Å². The Morgan fingerprint density at radius 2 is 1.69 bits per heavy atom. The molecule has 2 aromatic carbocycles. The molecule has 39 heavy (non-hydrogen) atoms. The minimum Gasteiger partial charge on any atom is -0.493 e. The predicted molar refractivity (Wildman–Crippen MR) is 146 cm³/mol. The minimum atomic E-state index is -0.535. The van der Waals surface area contributed by atoms with E-state index in [1.807, 2.05) is 18.2 Å². The van der Waals surface area contributed by atoms with Gasteiger partial charge in [-0.25, -0.2) is 0 Å². The first-order valence-electron chi connectivity index (χ1n) is 12.8. The van der Waals surface area contributed by atoms with Crippen molar-refractivity contribution in [1.82, 2.24) is 19.4 Å². The van der Waals surface area contributed by atoms with Crippen LogP contribution in [0.25, 0.3) is 21.8 Å². The summed E-state index contributed by atoms with van der Waals surface area (Å²) in [4.78, 5) is 53.9. The first-order chi connectivity index (χ1) is 18.8. The number of aromatic nitrogens is 2. The van der Waals surface area contributed by atoms with Gasteiger partial charge in [0.25, 0.3) is 11.5 Å². The number of amides is 2. The smallest absolute Gasteiger partial charge is 0.272 e. The fraction of sp³-hybridized carbons (Fsp3) is 0.310. The van der Waals surface area contributed by atoms with Crippen LogP contribution in [0, 0.1) is 0 Å². The van der Waals surface area contributed by atoms with Gasteiger partial charge in [-0.3, -0.25) is 23.7 Å². The number of benzene rings is 2. The number of rotatable bonds is 7. The van der Waals surface area contributed by atoms with Crippen LogP contribution in [0.2, 0.25) is 0 Å². The molecule has 0 unspecified atom stereocenters. The van der Waals surface area contributed by atoms with E-state index in [2.05, 4.69) is 5.32 Å². The number of hydrogen-bond acceptors (Lipinski definition) is 6. The van der Waals surface area contributed by atoms with Gasteiger partial charge in [-0.15, -0.1) is 0 Å². The molecule has 0 spiro atoms. The molecule has 0 atom stereocenters. The number of para-hydroxylation sites is 1. The van der Waals surface area contributed by atoms with Crippen LogP contribution < -0.4 is 15.6 Å². The van der Waals surface area contributed by atoms with Gasteiger partial charge in [-0.1, -0.05) is 48.5 Å². The van der Waals surface area contributed by atoms with Crippen molar-refractivity contribution >= 4 is 39.4 Å². The molecule has 10 nitrogen and oxygen atoms in total.